The molecular weight excluding hydrogens is 243 g/mol. The van der Waals surface area contributed by atoms with Gasteiger partial charge in [0, 0.05) is 0 Å². The second-order valence-corrected chi connectivity index (χ2v) is 11.1. The summed E-state index contributed by atoms with van der Waals surface area (Å²) in [5, 5.41) is 0.127. The highest BCUT2D eigenvalue weighted by atomic mass is 28.4. The fourth-order valence-corrected chi connectivity index (χ4v) is 2.88. The van der Waals surface area contributed by atoms with Gasteiger partial charge in [-0.25, -0.2) is 4.39 Å². The summed E-state index contributed by atoms with van der Waals surface area (Å²) in [5.41, 5.74) is 1.70. The van der Waals surface area contributed by atoms with Crippen molar-refractivity contribution >= 4 is 14.1 Å². The van der Waals surface area contributed by atoms with Crippen LogP contribution in [-0.4, -0.2) is 8.32 Å². The van der Waals surface area contributed by atoms with Crippen LogP contribution >= 0.6 is 0 Å². The standard InChI is InChI=1S/C15H21FOSi/c1-15(2,3)18(4,5)17-13-10-9-11-7-6-8-12(16)14(11)13/h6-8,10H,9H2,1-5H3. The van der Waals surface area contributed by atoms with E-state index in [0.717, 1.165) is 17.7 Å². The maximum absolute atomic E-state index is 13.9. The lowest BCUT2D eigenvalue weighted by Crippen LogP contribution is -2.40. The first kappa shape index (κ1) is 13.3. The van der Waals surface area contributed by atoms with E-state index in [4.69, 9.17) is 4.43 Å². The zero-order valence-electron chi connectivity index (χ0n) is 11.8. The molecule has 1 aromatic rings. The Balaban J connectivity index is 2.31. The lowest BCUT2D eigenvalue weighted by Gasteiger charge is -2.37. The van der Waals surface area contributed by atoms with E-state index in [-0.39, 0.29) is 10.9 Å². The number of allylic oxidation sites excluding steroid dienone is 1. The molecule has 0 heterocycles. The molecule has 0 saturated heterocycles. The fourth-order valence-electron chi connectivity index (χ4n) is 1.84. The van der Waals surface area contributed by atoms with Gasteiger partial charge in [0.1, 0.15) is 11.6 Å². The zero-order valence-corrected chi connectivity index (χ0v) is 12.8. The van der Waals surface area contributed by atoms with E-state index in [2.05, 4.69) is 33.9 Å². The molecule has 0 radical (unpaired) electrons. The smallest absolute Gasteiger partial charge is 0.250 e. The molecule has 1 aliphatic carbocycles. The number of hydrogen-bond acceptors (Lipinski definition) is 1. The van der Waals surface area contributed by atoms with Crippen LogP contribution in [0.25, 0.3) is 5.76 Å². The second kappa shape index (κ2) is 4.23. The molecule has 98 valence electrons. The van der Waals surface area contributed by atoms with Crippen LogP contribution in [-0.2, 0) is 10.8 Å². The van der Waals surface area contributed by atoms with Crippen molar-refractivity contribution in [3.8, 4) is 0 Å². The number of fused-ring (bicyclic) bond motifs is 1. The van der Waals surface area contributed by atoms with Crippen molar-refractivity contribution in [2.45, 2.75) is 45.3 Å². The van der Waals surface area contributed by atoms with Gasteiger partial charge in [-0.05, 0) is 42.3 Å². The van der Waals surface area contributed by atoms with Crippen molar-refractivity contribution < 1.29 is 8.82 Å². The Labute approximate surface area is 110 Å². The number of benzene rings is 1. The van der Waals surface area contributed by atoms with Gasteiger partial charge in [-0.2, -0.15) is 0 Å². The van der Waals surface area contributed by atoms with Crippen molar-refractivity contribution in [3.05, 3.63) is 41.2 Å². The van der Waals surface area contributed by atoms with E-state index in [1.54, 1.807) is 6.07 Å². The minimum atomic E-state index is -1.90. The van der Waals surface area contributed by atoms with Crippen LogP contribution in [0.4, 0.5) is 4.39 Å². The molecule has 0 fully saturated rings. The van der Waals surface area contributed by atoms with Gasteiger partial charge in [-0.15, -0.1) is 0 Å². The lowest BCUT2D eigenvalue weighted by atomic mass is 10.1. The molecule has 0 spiro atoms. The van der Waals surface area contributed by atoms with Gasteiger partial charge in [0.15, 0.2) is 0 Å². The molecule has 0 unspecified atom stereocenters. The highest BCUT2D eigenvalue weighted by Crippen LogP contribution is 2.41. The molecule has 1 aromatic carbocycles. The Morgan fingerprint density at radius 1 is 1.22 bits per heavy atom. The van der Waals surface area contributed by atoms with Crippen molar-refractivity contribution in [1.82, 2.24) is 0 Å². The molecule has 18 heavy (non-hydrogen) atoms. The molecule has 1 aliphatic rings. The van der Waals surface area contributed by atoms with Crippen LogP contribution in [0.1, 0.15) is 31.9 Å². The third-order valence-electron chi connectivity index (χ3n) is 4.02. The zero-order chi connectivity index (χ0) is 13.6. The van der Waals surface area contributed by atoms with Crippen LogP contribution in [0.2, 0.25) is 18.1 Å². The van der Waals surface area contributed by atoms with Gasteiger partial charge in [0.05, 0.1) is 5.56 Å². The van der Waals surface area contributed by atoms with Crippen molar-refractivity contribution in [1.29, 1.82) is 0 Å². The maximum atomic E-state index is 13.9. The number of hydrogen-bond donors (Lipinski definition) is 0. The molecule has 0 aromatic heterocycles. The largest absolute Gasteiger partial charge is 0.543 e. The van der Waals surface area contributed by atoms with E-state index >= 15 is 0 Å². The summed E-state index contributed by atoms with van der Waals surface area (Å²) in [6.07, 6.45) is 2.78. The minimum absolute atomic E-state index is 0.127. The Kier molecular flexibility index (Phi) is 3.14. The molecule has 0 saturated carbocycles. The summed E-state index contributed by atoms with van der Waals surface area (Å²) in [7, 11) is -1.90. The maximum Gasteiger partial charge on any atom is 0.250 e. The summed E-state index contributed by atoms with van der Waals surface area (Å²) in [6.45, 7) is 10.9. The van der Waals surface area contributed by atoms with Gasteiger partial charge >= 0.3 is 0 Å². The second-order valence-electron chi connectivity index (χ2n) is 6.41. The first-order valence-electron chi connectivity index (χ1n) is 6.39. The number of halogens is 1. The predicted octanol–water partition coefficient (Wildman–Crippen LogP) is 4.74. The van der Waals surface area contributed by atoms with Gasteiger partial charge in [-0.1, -0.05) is 32.9 Å². The summed E-state index contributed by atoms with van der Waals surface area (Å²) in [6, 6.07) is 5.24. The molecule has 2 rings (SSSR count). The van der Waals surface area contributed by atoms with E-state index < -0.39 is 8.32 Å². The van der Waals surface area contributed by atoms with Crippen LogP contribution in [0, 0.1) is 5.82 Å². The Bertz CT molecular complexity index is 498. The Hall–Kier alpha value is -1.09. The van der Waals surface area contributed by atoms with Crippen molar-refractivity contribution in [3.63, 3.8) is 0 Å². The Morgan fingerprint density at radius 2 is 1.89 bits per heavy atom. The molecule has 3 heteroatoms. The quantitative estimate of drug-likeness (QED) is 0.701. The average molecular weight is 264 g/mol. The Morgan fingerprint density at radius 3 is 2.50 bits per heavy atom. The van der Waals surface area contributed by atoms with E-state index in [1.807, 2.05) is 12.1 Å². The third kappa shape index (κ3) is 2.24. The minimum Gasteiger partial charge on any atom is -0.543 e. The normalized spacial score (nSPS) is 15.3. The number of rotatable bonds is 2. The lowest BCUT2D eigenvalue weighted by molar-refractivity contribution is 0.454. The molecule has 0 amide bonds. The summed E-state index contributed by atoms with van der Waals surface area (Å²) < 4.78 is 20.1. The molecule has 0 atom stereocenters. The summed E-state index contributed by atoms with van der Waals surface area (Å²) in [4.78, 5) is 0. The third-order valence-corrected chi connectivity index (χ3v) is 8.37. The van der Waals surface area contributed by atoms with E-state index in [1.165, 1.54) is 6.07 Å². The molecule has 0 bridgehead atoms. The summed E-state index contributed by atoms with van der Waals surface area (Å²) in [5.74, 6) is 0.574. The van der Waals surface area contributed by atoms with Crippen molar-refractivity contribution in [2.75, 3.05) is 0 Å². The topological polar surface area (TPSA) is 9.23 Å². The van der Waals surface area contributed by atoms with Crippen LogP contribution in [0.15, 0.2) is 24.3 Å². The molecule has 0 aliphatic heterocycles. The fraction of sp³-hybridized carbons (Fsp3) is 0.467. The van der Waals surface area contributed by atoms with Crippen LogP contribution in [0.3, 0.4) is 0 Å². The van der Waals surface area contributed by atoms with E-state index in [0.29, 0.717) is 5.56 Å². The van der Waals surface area contributed by atoms with Gasteiger partial charge in [-0.3, -0.25) is 0 Å². The highest BCUT2D eigenvalue weighted by Gasteiger charge is 2.40. The first-order valence-corrected chi connectivity index (χ1v) is 9.30. The average Bonchev–Trinajstić information content (AvgIpc) is 2.60. The molecular formula is C15H21FOSi. The van der Waals surface area contributed by atoms with Crippen LogP contribution in [0.5, 0.6) is 0 Å². The summed E-state index contributed by atoms with van der Waals surface area (Å²) >= 11 is 0. The SMILES string of the molecule is CC(C)(C)[Si](C)(C)OC1=CCc2cccc(F)c21. The highest BCUT2D eigenvalue weighted by molar-refractivity contribution is 6.74. The molecule has 1 nitrogen and oxygen atoms in total. The first-order chi connectivity index (χ1) is 8.22. The predicted molar refractivity (Wildman–Crippen MR) is 76.4 cm³/mol. The van der Waals surface area contributed by atoms with Gasteiger partial charge < -0.3 is 4.43 Å². The van der Waals surface area contributed by atoms with Crippen molar-refractivity contribution in [2.24, 2.45) is 0 Å². The monoisotopic (exact) mass is 264 g/mol. The van der Waals surface area contributed by atoms with Gasteiger partial charge in [0.2, 0.25) is 8.32 Å². The van der Waals surface area contributed by atoms with E-state index in [9.17, 15) is 4.39 Å². The van der Waals surface area contributed by atoms with Gasteiger partial charge in [0.25, 0.3) is 0 Å². The van der Waals surface area contributed by atoms with Crippen LogP contribution < -0.4 is 0 Å². The molecule has 0 N–H and O–H groups in total.